The van der Waals surface area contributed by atoms with E-state index >= 15 is 0 Å². The molecular formula is C16H21N3O3S2. The van der Waals surface area contributed by atoms with Crippen LogP contribution in [0, 0.1) is 19.8 Å². The molecule has 0 aliphatic rings. The third-order valence-corrected chi connectivity index (χ3v) is 5.81. The van der Waals surface area contributed by atoms with Gasteiger partial charge in [0.05, 0.1) is 4.90 Å². The van der Waals surface area contributed by atoms with Crippen LogP contribution in [0.25, 0.3) is 0 Å². The van der Waals surface area contributed by atoms with Crippen molar-refractivity contribution in [2.24, 2.45) is 5.92 Å². The Hall–Kier alpha value is -1.77. The zero-order chi connectivity index (χ0) is 17.9. The molecule has 6 nitrogen and oxygen atoms in total. The standard InChI is InChI=1S/C16H21N3O3S2/c1-10(2)14(15(20)18-16-17-7-8-23-16)19-24(21,22)13-6-5-11(3)12(4)9-13/h5-10,14,19H,1-4H3,(H,17,18,20)/t14-/m0/s1. The molecule has 24 heavy (non-hydrogen) atoms. The van der Waals surface area contributed by atoms with E-state index in [0.717, 1.165) is 11.1 Å². The van der Waals surface area contributed by atoms with Crippen LogP contribution >= 0.6 is 11.3 Å². The minimum absolute atomic E-state index is 0.151. The van der Waals surface area contributed by atoms with Crippen LogP contribution in [-0.4, -0.2) is 25.4 Å². The van der Waals surface area contributed by atoms with Crippen LogP contribution in [0.2, 0.25) is 0 Å². The van der Waals surface area contributed by atoms with Gasteiger partial charge in [0.2, 0.25) is 15.9 Å². The Morgan fingerprint density at radius 3 is 2.46 bits per heavy atom. The molecule has 1 aromatic carbocycles. The monoisotopic (exact) mass is 367 g/mol. The number of rotatable bonds is 6. The summed E-state index contributed by atoms with van der Waals surface area (Å²) in [6, 6.07) is 4.01. The third-order valence-electron chi connectivity index (χ3n) is 3.68. The Labute approximate surface area is 146 Å². The molecule has 2 N–H and O–H groups in total. The molecule has 0 bridgehead atoms. The smallest absolute Gasteiger partial charge is 0.244 e. The number of nitrogens with zero attached hydrogens (tertiary/aromatic N) is 1. The summed E-state index contributed by atoms with van der Waals surface area (Å²) in [4.78, 5) is 16.5. The Kier molecular flexibility index (Phi) is 5.74. The van der Waals surface area contributed by atoms with Crippen LogP contribution in [0.4, 0.5) is 5.13 Å². The van der Waals surface area contributed by atoms with Crippen LogP contribution in [0.15, 0.2) is 34.7 Å². The number of thiazole rings is 1. The molecule has 1 aromatic heterocycles. The average Bonchev–Trinajstić information content (AvgIpc) is 3.00. The molecule has 0 aliphatic heterocycles. The van der Waals surface area contributed by atoms with E-state index in [1.54, 1.807) is 43.6 Å². The van der Waals surface area contributed by atoms with Gasteiger partial charge >= 0.3 is 0 Å². The first-order valence-electron chi connectivity index (χ1n) is 7.50. The normalized spacial score (nSPS) is 13.0. The molecule has 130 valence electrons. The maximum Gasteiger partial charge on any atom is 0.244 e. The van der Waals surface area contributed by atoms with Crippen molar-refractivity contribution < 1.29 is 13.2 Å². The van der Waals surface area contributed by atoms with Gasteiger partial charge < -0.3 is 5.32 Å². The lowest BCUT2D eigenvalue weighted by Crippen LogP contribution is -2.47. The fourth-order valence-corrected chi connectivity index (χ4v) is 4.04. The molecule has 8 heteroatoms. The minimum Gasteiger partial charge on any atom is -0.301 e. The van der Waals surface area contributed by atoms with E-state index in [4.69, 9.17) is 0 Å². The van der Waals surface area contributed by atoms with Crippen LogP contribution in [-0.2, 0) is 14.8 Å². The molecule has 1 amide bonds. The van der Waals surface area contributed by atoms with Gasteiger partial charge in [-0.05, 0) is 43.0 Å². The topological polar surface area (TPSA) is 88.2 Å². The van der Waals surface area contributed by atoms with E-state index in [-0.39, 0.29) is 10.8 Å². The van der Waals surface area contributed by atoms with E-state index in [1.807, 2.05) is 13.8 Å². The highest BCUT2D eigenvalue weighted by Crippen LogP contribution is 2.17. The summed E-state index contributed by atoms with van der Waals surface area (Å²) in [6.07, 6.45) is 1.57. The number of hydrogen-bond acceptors (Lipinski definition) is 5. The van der Waals surface area contributed by atoms with Gasteiger partial charge in [-0.15, -0.1) is 11.3 Å². The van der Waals surface area contributed by atoms with Crippen LogP contribution < -0.4 is 10.0 Å². The summed E-state index contributed by atoms with van der Waals surface area (Å²) in [5, 5.41) is 4.82. The number of aryl methyl sites for hydroxylation is 2. The van der Waals surface area contributed by atoms with Gasteiger partial charge in [-0.1, -0.05) is 19.9 Å². The van der Waals surface area contributed by atoms with Crippen molar-refractivity contribution in [2.45, 2.75) is 38.6 Å². The summed E-state index contributed by atoms with van der Waals surface area (Å²) in [7, 11) is -3.80. The van der Waals surface area contributed by atoms with E-state index < -0.39 is 22.0 Å². The number of hydrogen-bond donors (Lipinski definition) is 2. The van der Waals surface area contributed by atoms with Gasteiger partial charge in [-0.3, -0.25) is 4.79 Å². The van der Waals surface area contributed by atoms with E-state index in [0.29, 0.717) is 5.13 Å². The number of aromatic nitrogens is 1. The third kappa shape index (κ3) is 4.40. The first kappa shape index (κ1) is 18.6. The molecule has 0 radical (unpaired) electrons. The predicted octanol–water partition coefficient (Wildman–Crippen LogP) is 2.70. The Bertz CT molecular complexity index is 815. The summed E-state index contributed by atoms with van der Waals surface area (Å²) in [5.74, 6) is -0.640. The largest absolute Gasteiger partial charge is 0.301 e. The summed E-state index contributed by atoms with van der Waals surface area (Å²) in [6.45, 7) is 7.34. The number of sulfonamides is 1. The zero-order valence-corrected chi connectivity index (χ0v) is 15.7. The van der Waals surface area contributed by atoms with Gasteiger partial charge in [0.15, 0.2) is 5.13 Å². The molecule has 0 saturated carbocycles. The molecule has 2 rings (SSSR count). The first-order valence-corrected chi connectivity index (χ1v) is 9.87. The van der Waals surface area contributed by atoms with E-state index in [2.05, 4.69) is 15.0 Å². The number of carbonyl (C=O) groups is 1. The molecule has 1 heterocycles. The molecule has 0 unspecified atom stereocenters. The highest BCUT2D eigenvalue weighted by Gasteiger charge is 2.29. The van der Waals surface area contributed by atoms with Crippen LogP contribution in [0.5, 0.6) is 0 Å². The number of anilines is 1. The van der Waals surface area contributed by atoms with Crippen molar-refractivity contribution in [3.63, 3.8) is 0 Å². The van der Waals surface area contributed by atoms with Crippen LogP contribution in [0.3, 0.4) is 0 Å². The van der Waals surface area contributed by atoms with Crippen LogP contribution in [0.1, 0.15) is 25.0 Å². The molecule has 0 saturated heterocycles. The van der Waals surface area contributed by atoms with Gasteiger partial charge in [-0.2, -0.15) is 4.72 Å². The lowest BCUT2D eigenvalue weighted by molar-refractivity contribution is -0.118. The SMILES string of the molecule is Cc1ccc(S(=O)(=O)N[C@H](C(=O)Nc2nccs2)C(C)C)cc1C. The van der Waals surface area contributed by atoms with E-state index in [1.165, 1.54) is 11.3 Å². The number of nitrogens with one attached hydrogen (secondary N) is 2. The predicted molar refractivity (Wildman–Crippen MR) is 95.6 cm³/mol. The number of amides is 1. The van der Waals surface area contributed by atoms with Crippen molar-refractivity contribution in [1.82, 2.24) is 9.71 Å². The molecule has 0 fully saturated rings. The molecule has 0 aliphatic carbocycles. The second kappa shape index (κ2) is 7.42. The maximum atomic E-state index is 12.6. The Morgan fingerprint density at radius 1 is 1.21 bits per heavy atom. The van der Waals surface area contributed by atoms with Gasteiger partial charge in [-0.25, -0.2) is 13.4 Å². The minimum atomic E-state index is -3.80. The second-order valence-corrected chi connectivity index (χ2v) is 8.52. The molecule has 0 spiro atoms. The van der Waals surface area contributed by atoms with Gasteiger partial charge in [0.1, 0.15) is 6.04 Å². The zero-order valence-electron chi connectivity index (χ0n) is 14.0. The average molecular weight is 367 g/mol. The fraction of sp³-hybridized carbons (Fsp3) is 0.375. The fourth-order valence-electron chi connectivity index (χ4n) is 2.08. The second-order valence-electron chi connectivity index (χ2n) is 5.92. The summed E-state index contributed by atoms with van der Waals surface area (Å²) in [5.41, 5.74) is 1.89. The molecular weight excluding hydrogens is 346 g/mol. The molecule has 1 atom stereocenters. The van der Waals surface area contributed by atoms with Gasteiger partial charge in [0.25, 0.3) is 0 Å². The number of benzene rings is 1. The summed E-state index contributed by atoms with van der Waals surface area (Å²) >= 11 is 1.28. The highest BCUT2D eigenvalue weighted by molar-refractivity contribution is 7.89. The lowest BCUT2D eigenvalue weighted by atomic mass is 10.1. The summed E-state index contributed by atoms with van der Waals surface area (Å²) < 4.78 is 27.7. The van der Waals surface area contributed by atoms with Crippen molar-refractivity contribution in [1.29, 1.82) is 0 Å². The van der Waals surface area contributed by atoms with Crippen molar-refractivity contribution in [3.8, 4) is 0 Å². The lowest BCUT2D eigenvalue weighted by Gasteiger charge is -2.21. The quantitative estimate of drug-likeness (QED) is 0.822. The van der Waals surface area contributed by atoms with Crippen molar-refractivity contribution in [3.05, 3.63) is 40.9 Å². The molecule has 2 aromatic rings. The maximum absolute atomic E-state index is 12.6. The Morgan fingerprint density at radius 2 is 1.92 bits per heavy atom. The Balaban J connectivity index is 2.22. The van der Waals surface area contributed by atoms with Crippen molar-refractivity contribution >= 4 is 32.4 Å². The number of carbonyl (C=O) groups excluding carboxylic acids is 1. The highest BCUT2D eigenvalue weighted by atomic mass is 32.2. The first-order chi connectivity index (χ1) is 11.2. The van der Waals surface area contributed by atoms with E-state index in [9.17, 15) is 13.2 Å². The van der Waals surface area contributed by atoms with Crippen molar-refractivity contribution in [2.75, 3.05) is 5.32 Å². The van der Waals surface area contributed by atoms with Gasteiger partial charge in [0, 0.05) is 11.6 Å².